The summed E-state index contributed by atoms with van der Waals surface area (Å²) < 4.78 is 38.9. The van der Waals surface area contributed by atoms with Crippen molar-refractivity contribution in [1.82, 2.24) is 5.32 Å². The molecule has 0 aliphatic rings. The Labute approximate surface area is 197 Å². The van der Waals surface area contributed by atoms with Crippen LogP contribution in [-0.2, 0) is 6.54 Å². The van der Waals surface area contributed by atoms with Crippen LogP contribution >= 0.6 is 11.6 Å². The summed E-state index contributed by atoms with van der Waals surface area (Å²) in [4.78, 5) is 12.4. The number of allylic oxidation sites excluding steroid dienone is 1. The Hall–Kier alpha value is -3.98. The number of amides is 1. The number of phenolic OH excluding ortho intramolecular Hbond substituents is 2. The van der Waals surface area contributed by atoms with Gasteiger partial charge < -0.3 is 20.8 Å². The molecule has 0 aromatic heterocycles. The summed E-state index contributed by atoms with van der Waals surface area (Å²) in [5, 5.41) is 32.0. The van der Waals surface area contributed by atoms with E-state index in [2.05, 4.69) is 10.6 Å². The Morgan fingerprint density at radius 1 is 0.971 bits per heavy atom. The number of phenols is 2. The second kappa shape index (κ2) is 10.3. The number of benzene rings is 3. The van der Waals surface area contributed by atoms with Crippen LogP contribution < -0.4 is 10.6 Å². The topological polar surface area (TPSA) is 105 Å². The lowest BCUT2D eigenvalue weighted by Crippen LogP contribution is -2.22. The lowest BCUT2D eigenvalue weighted by Gasteiger charge is -2.15. The summed E-state index contributed by atoms with van der Waals surface area (Å²) >= 11 is 6.10. The van der Waals surface area contributed by atoms with Crippen LogP contribution in [0.1, 0.15) is 21.5 Å². The summed E-state index contributed by atoms with van der Waals surface area (Å²) in [6.45, 7) is 0.0797. The average molecular weight is 490 g/mol. The van der Waals surface area contributed by atoms with Gasteiger partial charge in [0, 0.05) is 17.8 Å². The van der Waals surface area contributed by atoms with Crippen molar-refractivity contribution in [2.75, 3.05) is 5.32 Å². The van der Waals surface area contributed by atoms with E-state index in [1.165, 1.54) is 42.5 Å². The van der Waals surface area contributed by atoms with E-state index in [1.54, 1.807) is 24.3 Å². The minimum atomic E-state index is -4.84. The molecule has 1 amide bonds. The van der Waals surface area contributed by atoms with Gasteiger partial charge in [-0.2, -0.15) is 13.2 Å². The first-order chi connectivity index (χ1) is 16.0. The molecule has 0 aliphatic heterocycles. The van der Waals surface area contributed by atoms with Crippen LogP contribution in [-0.4, -0.2) is 28.0 Å². The molecule has 0 fully saturated rings. The number of anilines is 1. The largest absolute Gasteiger partial charge is 0.504 e. The number of nitrogens with one attached hydrogen (secondary N) is 3. The second-order valence-electron chi connectivity index (χ2n) is 7.16. The van der Waals surface area contributed by atoms with Gasteiger partial charge >= 0.3 is 6.18 Å². The van der Waals surface area contributed by atoms with Crippen LogP contribution in [0.5, 0.6) is 11.5 Å². The molecule has 176 valence electrons. The average Bonchev–Trinajstić information content (AvgIpc) is 2.80. The zero-order valence-corrected chi connectivity index (χ0v) is 18.2. The van der Waals surface area contributed by atoms with Crippen LogP contribution in [0, 0.1) is 5.41 Å². The molecule has 0 atom stereocenters. The van der Waals surface area contributed by atoms with Crippen molar-refractivity contribution in [3.63, 3.8) is 0 Å². The molecular formula is C24H19ClF3N3O3. The van der Waals surface area contributed by atoms with Crippen molar-refractivity contribution in [2.24, 2.45) is 0 Å². The molecule has 0 bridgehead atoms. The Morgan fingerprint density at radius 2 is 1.62 bits per heavy atom. The molecule has 0 saturated carbocycles. The maximum Gasteiger partial charge on any atom is 0.432 e. The summed E-state index contributed by atoms with van der Waals surface area (Å²) in [6, 6.07) is 16.4. The number of hydrogen-bond donors (Lipinski definition) is 5. The quantitative estimate of drug-likeness (QED) is 0.216. The van der Waals surface area contributed by atoms with Gasteiger partial charge in [-0.15, -0.1) is 0 Å². The molecule has 0 saturated heterocycles. The van der Waals surface area contributed by atoms with Gasteiger partial charge in [0.25, 0.3) is 5.91 Å². The van der Waals surface area contributed by atoms with E-state index in [4.69, 9.17) is 17.0 Å². The number of alkyl halides is 3. The van der Waals surface area contributed by atoms with E-state index in [-0.39, 0.29) is 34.3 Å². The van der Waals surface area contributed by atoms with Gasteiger partial charge in [0.15, 0.2) is 11.5 Å². The fraction of sp³-hybridized carbons (Fsp3) is 0.0833. The van der Waals surface area contributed by atoms with Crippen LogP contribution in [0.15, 0.2) is 72.8 Å². The molecule has 0 aliphatic carbocycles. The van der Waals surface area contributed by atoms with Gasteiger partial charge in [0.1, 0.15) is 5.71 Å². The van der Waals surface area contributed by atoms with Crippen molar-refractivity contribution in [3.05, 3.63) is 94.5 Å². The number of carbonyl (C=O) groups is 1. The van der Waals surface area contributed by atoms with E-state index in [0.717, 1.165) is 0 Å². The van der Waals surface area contributed by atoms with E-state index in [0.29, 0.717) is 22.9 Å². The van der Waals surface area contributed by atoms with Gasteiger partial charge in [-0.25, -0.2) is 0 Å². The van der Waals surface area contributed by atoms with Gasteiger partial charge in [-0.3, -0.25) is 10.2 Å². The Bertz CT molecular complexity index is 1240. The van der Waals surface area contributed by atoms with Crippen molar-refractivity contribution in [2.45, 2.75) is 12.7 Å². The van der Waals surface area contributed by atoms with Crippen molar-refractivity contribution in [3.8, 4) is 11.5 Å². The van der Waals surface area contributed by atoms with E-state index in [1.807, 2.05) is 0 Å². The Kier molecular flexibility index (Phi) is 7.47. The molecule has 0 radical (unpaired) electrons. The van der Waals surface area contributed by atoms with Gasteiger partial charge in [0.2, 0.25) is 0 Å². The number of hydrogen-bond acceptors (Lipinski definition) is 5. The molecule has 0 heterocycles. The smallest absolute Gasteiger partial charge is 0.432 e. The van der Waals surface area contributed by atoms with E-state index >= 15 is 0 Å². The van der Waals surface area contributed by atoms with E-state index in [9.17, 15) is 28.2 Å². The van der Waals surface area contributed by atoms with Crippen molar-refractivity contribution in [1.29, 1.82) is 5.41 Å². The zero-order valence-electron chi connectivity index (χ0n) is 17.4. The monoisotopic (exact) mass is 489 g/mol. The SMILES string of the molecule is N=C(/C=C(\Nc1ccccc1Cl)c1ccc(C(=O)NCc2ccc(O)c(O)c2)cc1)C(F)(F)F. The number of carbonyl (C=O) groups excluding carboxylic acids is 1. The number of halogens is 4. The molecule has 6 nitrogen and oxygen atoms in total. The van der Waals surface area contributed by atoms with Crippen LogP contribution in [0.25, 0.3) is 5.70 Å². The lowest BCUT2D eigenvalue weighted by molar-refractivity contribution is -0.0583. The van der Waals surface area contributed by atoms with Crippen molar-refractivity contribution < 1.29 is 28.2 Å². The third-order valence-corrected chi connectivity index (χ3v) is 5.02. The van der Waals surface area contributed by atoms with E-state index < -0.39 is 17.8 Å². The highest BCUT2D eigenvalue weighted by atomic mass is 35.5. The Balaban J connectivity index is 1.80. The van der Waals surface area contributed by atoms with Crippen LogP contribution in [0.3, 0.4) is 0 Å². The lowest BCUT2D eigenvalue weighted by atomic mass is 10.1. The number of aromatic hydroxyl groups is 2. The number of rotatable bonds is 7. The van der Waals surface area contributed by atoms with Gasteiger partial charge in [0.05, 0.1) is 10.7 Å². The summed E-state index contributed by atoms with van der Waals surface area (Å²) in [5.41, 5.74) is -0.129. The first-order valence-electron chi connectivity index (χ1n) is 9.83. The van der Waals surface area contributed by atoms with Gasteiger partial charge in [-0.05, 0) is 53.6 Å². The highest BCUT2D eigenvalue weighted by Crippen LogP contribution is 2.28. The fourth-order valence-electron chi connectivity index (χ4n) is 2.89. The maximum atomic E-state index is 13.0. The minimum absolute atomic E-state index is 0.0260. The van der Waals surface area contributed by atoms with Gasteiger partial charge in [-0.1, -0.05) is 41.9 Å². The third kappa shape index (κ3) is 6.29. The highest BCUT2D eigenvalue weighted by molar-refractivity contribution is 6.33. The first kappa shape index (κ1) is 24.7. The predicted molar refractivity (Wildman–Crippen MR) is 124 cm³/mol. The van der Waals surface area contributed by atoms with Crippen molar-refractivity contribution >= 4 is 34.6 Å². The maximum absolute atomic E-state index is 13.0. The standard InChI is InChI=1S/C24H19ClF3N3O3/c25-17-3-1-2-4-18(17)31-19(12-22(29)24(26,27)28)15-6-8-16(9-7-15)23(34)30-13-14-5-10-20(32)21(33)11-14/h1-12,29,31-33H,13H2,(H,30,34)/b19-12-,29-22?. The van der Waals surface area contributed by atoms with Crippen LogP contribution in [0.2, 0.25) is 5.02 Å². The normalized spacial score (nSPS) is 11.7. The predicted octanol–water partition coefficient (Wildman–Crippen LogP) is 5.72. The molecule has 3 rings (SSSR count). The first-order valence-corrected chi connectivity index (χ1v) is 10.2. The summed E-state index contributed by atoms with van der Waals surface area (Å²) in [6.07, 6.45) is -4.19. The van der Waals surface area contributed by atoms with Crippen LogP contribution in [0.4, 0.5) is 18.9 Å². The fourth-order valence-corrected chi connectivity index (χ4v) is 3.07. The summed E-state index contributed by atoms with van der Waals surface area (Å²) in [7, 11) is 0. The molecular weight excluding hydrogens is 471 g/mol. The highest BCUT2D eigenvalue weighted by Gasteiger charge is 2.33. The molecule has 3 aromatic carbocycles. The molecule has 0 unspecified atom stereocenters. The Morgan fingerprint density at radius 3 is 2.24 bits per heavy atom. The molecule has 3 aromatic rings. The molecule has 10 heteroatoms. The minimum Gasteiger partial charge on any atom is -0.504 e. The second-order valence-corrected chi connectivity index (χ2v) is 7.56. The molecule has 34 heavy (non-hydrogen) atoms. The third-order valence-electron chi connectivity index (χ3n) is 4.69. The summed E-state index contributed by atoms with van der Waals surface area (Å²) in [5.74, 6) is -1.05. The number of para-hydroxylation sites is 1. The zero-order chi connectivity index (χ0) is 24.9. The molecule has 0 spiro atoms. The molecule has 5 N–H and O–H groups in total.